The molecule has 3 aliphatic carbocycles. The normalized spacial score (nSPS) is 31.9. The zero-order valence-corrected chi connectivity index (χ0v) is 20.1. The Bertz CT molecular complexity index is 1290. The third-order valence-corrected chi connectivity index (χ3v) is 9.54. The molecule has 2 aromatic carbocycles. The smallest absolute Gasteiger partial charge is 0.315 e. The third kappa shape index (κ3) is 2.79. The van der Waals surface area contributed by atoms with Crippen LogP contribution in [-0.4, -0.2) is 46.7 Å². The van der Waals surface area contributed by atoms with Gasteiger partial charge in [0, 0.05) is 17.0 Å². The number of piperidine rings is 2. The molecular weight excluding hydrogens is 472 g/mol. The first-order chi connectivity index (χ1) is 16.4. The van der Waals surface area contributed by atoms with Crippen molar-refractivity contribution < 1.29 is 14.3 Å². The summed E-state index contributed by atoms with van der Waals surface area (Å²) in [6.45, 7) is 2.35. The van der Waals surface area contributed by atoms with Crippen LogP contribution in [0, 0.1) is 11.3 Å². The molecule has 176 valence electrons. The number of nitrogens with zero attached hydrogens (tertiary/aromatic N) is 2. The maximum absolute atomic E-state index is 11.9. The van der Waals surface area contributed by atoms with Crippen molar-refractivity contribution in [2.75, 3.05) is 19.7 Å². The van der Waals surface area contributed by atoms with Gasteiger partial charge in [0.15, 0.2) is 0 Å². The minimum Gasteiger partial charge on any atom is -0.492 e. The molecule has 5 aliphatic rings. The van der Waals surface area contributed by atoms with E-state index < -0.39 is 0 Å². The van der Waals surface area contributed by atoms with Crippen molar-refractivity contribution in [1.82, 2.24) is 15.2 Å². The number of hydrogen-bond donors (Lipinski definition) is 2. The average Bonchev–Trinajstić information content (AvgIpc) is 3.48. The number of nitrogens with one attached hydrogen (secondary N) is 1. The fourth-order valence-corrected chi connectivity index (χ4v) is 8.15. The van der Waals surface area contributed by atoms with Gasteiger partial charge in [0.05, 0.1) is 21.3 Å². The van der Waals surface area contributed by atoms with Gasteiger partial charge in [-0.25, -0.2) is 9.78 Å². The number of thiazole rings is 1. The van der Waals surface area contributed by atoms with Crippen LogP contribution in [0.3, 0.4) is 0 Å². The van der Waals surface area contributed by atoms with Gasteiger partial charge in [0.2, 0.25) is 0 Å². The largest absolute Gasteiger partial charge is 0.492 e. The molecular formula is C25H25ClN4O3S. The van der Waals surface area contributed by atoms with Crippen LogP contribution in [-0.2, 0) is 0 Å². The second-order valence-corrected chi connectivity index (χ2v) is 11.6. The molecule has 7 nitrogen and oxygen atoms in total. The SMILES string of the molecule is NC(=O)N1C23CC(CNCCOc4ccc(Oc5nc6cc(Cl)ccc6s5)cc4)CC14CC24C3. The molecule has 3 spiro atoms. The van der Waals surface area contributed by atoms with Crippen molar-refractivity contribution in [1.29, 1.82) is 0 Å². The summed E-state index contributed by atoms with van der Waals surface area (Å²) in [4.78, 5) is 18.4. The van der Waals surface area contributed by atoms with E-state index in [-0.39, 0.29) is 17.1 Å². The number of benzene rings is 2. The Morgan fingerprint density at radius 2 is 1.91 bits per heavy atom. The molecule has 2 bridgehead atoms. The van der Waals surface area contributed by atoms with Crippen LogP contribution in [0.1, 0.15) is 25.7 Å². The topological polar surface area (TPSA) is 89.7 Å². The van der Waals surface area contributed by atoms with Gasteiger partial charge < -0.3 is 25.4 Å². The van der Waals surface area contributed by atoms with Gasteiger partial charge in [-0.1, -0.05) is 22.9 Å². The summed E-state index contributed by atoms with van der Waals surface area (Å²) in [6, 6.07) is 13.0. The van der Waals surface area contributed by atoms with Crippen LogP contribution in [0.5, 0.6) is 16.7 Å². The molecule has 8 rings (SSSR count). The van der Waals surface area contributed by atoms with Crippen molar-refractivity contribution in [3.05, 3.63) is 47.5 Å². The van der Waals surface area contributed by atoms with Crippen LogP contribution in [0.15, 0.2) is 42.5 Å². The number of hydrogen-bond acceptors (Lipinski definition) is 6. The van der Waals surface area contributed by atoms with Gasteiger partial charge in [-0.05, 0) is 80.6 Å². The van der Waals surface area contributed by atoms with E-state index in [2.05, 4.69) is 10.3 Å². The highest BCUT2D eigenvalue weighted by Crippen LogP contribution is 2.96. The molecule has 2 atom stereocenters. The van der Waals surface area contributed by atoms with Crippen LogP contribution in [0.2, 0.25) is 5.02 Å². The zero-order chi connectivity index (χ0) is 23.1. The number of primary amides is 1. The van der Waals surface area contributed by atoms with Crippen molar-refractivity contribution >= 4 is 39.2 Å². The Kier molecular flexibility index (Phi) is 4.28. The number of carbonyl (C=O) groups excluding carboxylic acids is 1. The van der Waals surface area contributed by atoms with Crippen molar-refractivity contribution in [2.24, 2.45) is 17.1 Å². The van der Waals surface area contributed by atoms with E-state index in [1.54, 1.807) is 0 Å². The molecule has 3 N–H and O–H groups in total. The molecule has 3 aromatic rings. The molecule has 2 aliphatic heterocycles. The molecule has 1 aromatic heterocycles. The van der Waals surface area contributed by atoms with E-state index in [0.29, 0.717) is 33.9 Å². The first-order valence-corrected chi connectivity index (χ1v) is 12.9. The quantitative estimate of drug-likeness (QED) is 0.438. The van der Waals surface area contributed by atoms with E-state index in [1.807, 2.05) is 47.4 Å². The van der Waals surface area contributed by atoms with Crippen molar-refractivity contribution in [3.8, 4) is 16.7 Å². The summed E-state index contributed by atoms with van der Waals surface area (Å²) in [5.41, 5.74) is 7.18. The average molecular weight is 497 g/mol. The number of nitrogens with two attached hydrogens (primary N) is 1. The number of halogens is 1. The molecule has 2 saturated heterocycles. The van der Waals surface area contributed by atoms with Crippen LogP contribution < -0.4 is 20.5 Å². The predicted octanol–water partition coefficient (Wildman–Crippen LogP) is 4.79. The minimum absolute atomic E-state index is 0.113. The van der Waals surface area contributed by atoms with Gasteiger partial charge in [-0.15, -0.1) is 0 Å². The molecule has 2 unspecified atom stereocenters. The second-order valence-electron chi connectivity index (χ2n) is 10.2. The lowest BCUT2D eigenvalue weighted by molar-refractivity contribution is -0.0254. The lowest BCUT2D eigenvalue weighted by Gasteiger charge is -2.54. The molecule has 3 saturated carbocycles. The van der Waals surface area contributed by atoms with Crippen LogP contribution in [0.25, 0.3) is 10.2 Å². The molecule has 2 amide bonds. The number of ether oxygens (including phenoxy) is 2. The summed E-state index contributed by atoms with van der Waals surface area (Å²) < 4.78 is 12.8. The van der Waals surface area contributed by atoms with E-state index in [1.165, 1.54) is 24.2 Å². The predicted molar refractivity (Wildman–Crippen MR) is 131 cm³/mol. The van der Waals surface area contributed by atoms with Crippen LogP contribution in [0.4, 0.5) is 4.79 Å². The second kappa shape index (κ2) is 6.99. The van der Waals surface area contributed by atoms with Crippen molar-refractivity contribution in [2.45, 2.75) is 36.8 Å². The monoisotopic (exact) mass is 496 g/mol. The van der Waals surface area contributed by atoms with Crippen LogP contribution >= 0.6 is 22.9 Å². The summed E-state index contributed by atoms with van der Waals surface area (Å²) in [5.74, 6) is 2.13. The molecule has 5 fully saturated rings. The number of amides is 2. The summed E-state index contributed by atoms with van der Waals surface area (Å²) >= 11 is 7.52. The highest BCUT2D eigenvalue weighted by atomic mass is 35.5. The Balaban J connectivity index is 0.864. The Morgan fingerprint density at radius 3 is 2.65 bits per heavy atom. The Hall–Kier alpha value is -2.55. The van der Waals surface area contributed by atoms with Gasteiger partial charge in [-0.3, -0.25) is 0 Å². The number of urea groups is 1. The lowest BCUT2D eigenvalue weighted by Crippen LogP contribution is -2.67. The van der Waals surface area contributed by atoms with Gasteiger partial charge in [0.25, 0.3) is 5.19 Å². The lowest BCUT2D eigenvalue weighted by atomic mass is 9.73. The molecule has 9 heteroatoms. The fourth-order valence-electron chi connectivity index (χ4n) is 7.16. The van der Waals surface area contributed by atoms with Gasteiger partial charge in [-0.2, -0.15) is 0 Å². The molecule has 34 heavy (non-hydrogen) atoms. The van der Waals surface area contributed by atoms with Gasteiger partial charge in [0.1, 0.15) is 18.1 Å². The first-order valence-electron chi connectivity index (χ1n) is 11.7. The minimum atomic E-state index is -0.216. The first kappa shape index (κ1) is 20.8. The highest BCUT2D eigenvalue weighted by Gasteiger charge is 3.03. The zero-order valence-electron chi connectivity index (χ0n) is 18.6. The third-order valence-electron chi connectivity index (χ3n) is 8.39. The Labute approximate surface area is 206 Å². The van der Waals surface area contributed by atoms with E-state index in [4.69, 9.17) is 26.8 Å². The summed E-state index contributed by atoms with van der Waals surface area (Å²) in [5, 5.41) is 4.79. The van der Waals surface area contributed by atoms with E-state index in [0.717, 1.165) is 41.9 Å². The van der Waals surface area contributed by atoms with Gasteiger partial charge >= 0.3 is 6.03 Å². The van der Waals surface area contributed by atoms with E-state index in [9.17, 15) is 4.79 Å². The number of carbonyl (C=O) groups is 1. The number of aromatic nitrogens is 1. The number of rotatable bonds is 8. The van der Waals surface area contributed by atoms with E-state index >= 15 is 0 Å². The maximum atomic E-state index is 11.9. The standard InChI is InChI=1S/C25H25ClN4O3S/c26-16-1-6-20-19(9-16)29-22(34-20)33-18-4-2-17(3-5-18)32-8-7-28-12-15-10-24-13-23(24)14-25(23,11-15)30(24)21(27)31/h1-6,9,15,28H,7-8,10-14H2,(H2,27,31). The molecule has 0 radical (unpaired) electrons. The Morgan fingerprint density at radius 1 is 1.18 bits per heavy atom. The summed E-state index contributed by atoms with van der Waals surface area (Å²) in [7, 11) is 0. The maximum Gasteiger partial charge on any atom is 0.315 e. The van der Waals surface area contributed by atoms with Crippen molar-refractivity contribution in [3.63, 3.8) is 0 Å². The highest BCUT2D eigenvalue weighted by molar-refractivity contribution is 7.20. The fraction of sp³-hybridized carbons (Fsp3) is 0.440. The molecule has 3 heterocycles. The summed E-state index contributed by atoms with van der Waals surface area (Å²) in [6.07, 6.45) is 4.54. The number of fused-ring (bicyclic) bond motifs is 3.